The van der Waals surface area contributed by atoms with Gasteiger partial charge in [0, 0.05) is 17.2 Å². The molecule has 1 atom stereocenters. The second-order valence-electron chi connectivity index (χ2n) is 5.38. The van der Waals surface area contributed by atoms with Gasteiger partial charge in [-0.25, -0.2) is 4.79 Å². The van der Waals surface area contributed by atoms with Gasteiger partial charge >= 0.3 is 11.9 Å². The van der Waals surface area contributed by atoms with E-state index in [0.29, 0.717) is 5.56 Å². The lowest BCUT2D eigenvalue weighted by Gasteiger charge is -2.21. The van der Waals surface area contributed by atoms with Crippen molar-refractivity contribution in [3.05, 3.63) is 56.0 Å². The Hall–Kier alpha value is -2.76. The first-order valence-corrected chi connectivity index (χ1v) is 9.03. The third kappa shape index (κ3) is 5.15. The molecule has 12 heteroatoms. The van der Waals surface area contributed by atoms with Crippen LogP contribution in [0.3, 0.4) is 0 Å². The zero-order valence-corrected chi connectivity index (χ0v) is 16.2. The highest BCUT2D eigenvalue weighted by Crippen LogP contribution is 2.34. The summed E-state index contributed by atoms with van der Waals surface area (Å²) in [6.45, 7) is 0. The second-order valence-corrected chi connectivity index (χ2v) is 7.49. The fourth-order valence-electron chi connectivity index (χ4n) is 2.22. The zero-order chi connectivity index (χ0) is 21.0. The van der Waals surface area contributed by atoms with Crippen LogP contribution in [0.4, 0.5) is 5.69 Å². The first-order chi connectivity index (χ1) is 13.1. The Morgan fingerprint density at radius 2 is 1.93 bits per heavy atom. The van der Waals surface area contributed by atoms with Crippen LogP contribution in [0.2, 0.25) is 0 Å². The van der Waals surface area contributed by atoms with E-state index in [1.54, 1.807) is 0 Å². The van der Waals surface area contributed by atoms with Crippen LogP contribution in [0.15, 0.2) is 40.3 Å². The molecular formula is C16H11ClN2O7S2. The van der Waals surface area contributed by atoms with Gasteiger partial charge in [-0.2, -0.15) is 0 Å². The van der Waals surface area contributed by atoms with Crippen LogP contribution < -0.4 is 0 Å². The average molecular weight is 443 g/mol. The maximum atomic E-state index is 12.5. The number of hydrogen-bond donors (Lipinski definition) is 2. The third-order valence-corrected chi connectivity index (χ3v) is 5.01. The molecule has 28 heavy (non-hydrogen) atoms. The highest BCUT2D eigenvalue weighted by atomic mass is 35.5. The molecule has 1 saturated heterocycles. The summed E-state index contributed by atoms with van der Waals surface area (Å²) in [4.78, 5) is 45.6. The standard InChI is InChI=1S/C16H11ClN2O7S2/c17-9(5-8-1-3-10(4-2-8)19(25)26)6-12-14(22)18(16(27)28-12)11(15(23)24)7-13(20)21/h1-6,11H,7H2,(H,20,21)(H,23,24)/b9-5-,12-6+/t11-/m0/s1. The van der Waals surface area contributed by atoms with Crippen molar-refractivity contribution in [2.24, 2.45) is 0 Å². The fraction of sp³-hybridized carbons (Fsp3) is 0.125. The number of halogens is 1. The molecule has 1 aliphatic heterocycles. The molecule has 0 radical (unpaired) electrons. The lowest BCUT2D eigenvalue weighted by Crippen LogP contribution is -2.45. The Morgan fingerprint density at radius 3 is 2.43 bits per heavy atom. The molecule has 0 spiro atoms. The molecule has 0 aliphatic carbocycles. The lowest BCUT2D eigenvalue weighted by atomic mass is 10.1. The minimum Gasteiger partial charge on any atom is -0.481 e. The number of nitro benzene ring substituents is 1. The number of allylic oxidation sites excluding steroid dienone is 2. The summed E-state index contributed by atoms with van der Waals surface area (Å²) in [6.07, 6.45) is 1.91. The van der Waals surface area contributed by atoms with Crippen molar-refractivity contribution >= 4 is 69.5 Å². The molecule has 0 bridgehead atoms. The van der Waals surface area contributed by atoms with Crippen molar-refractivity contribution < 1.29 is 29.5 Å². The van der Waals surface area contributed by atoms with Crippen molar-refractivity contribution in [2.75, 3.05) is 0 Å². The number of benzene rings is 1. The molecule has 2 N–H and O–H groups in total. The normalized spacial score (nSPS) is 17.1. The summed E-state index contributed by atoms with van der Waals surface area (Å²) >= 11 is 11.9. The summed E-state index contributed by atoms with van der Waals surface area (Å²) in [7, 11) is 0. The van der Waals surface area contributed by atoms with Crippen LogP contribution in [-0.2, 0) is 14.4 Å². The number of carbonyl (C=O) groups excluding carboxylic acids is 1. The van der Waals surface area contributed by atoms with Gasteiger partial charge in [0.1, 0.15) is 10.4 Å². The number of non-ortho nitro benzene ring substituents is 1. The van der Waals surface area contributed by atoms with E-state index in [1.807, 2.05) is 0 Å². The number of thiocarbonyl (C=S) groups is 1. The van der Waals surface area contributed by atoms with Crippen molar-refractivity contribution in [3.63, 3.8) is 0 Å². The Kier molecular flexibility index (Phi) is 6.89. The van der Waals surface area contributed by atoms with Crippen molar-refractivity contribution in [1.29, 1.82) is 0 Å². The number of carbonyl (C=O) groups is 3. The number of hydrogen-bond acceptors (Lipinski definition) is 7. The van der Waals surface area contributed by atoms with Gasteiger partial charge in [0.2, 0.25) is 0 Å². The van der Waals surface area contributed by atoms with E-state index in [4.69, 9.17) is 28.9 Å². The van der Waals surface area contributed by atoms with Crippen molar-refractivity contribution in [1.82, 2.24) is 4.90 Å². The van der Waals surface area contributed by atoms with Crippen LogP contribution in [0, 0.1) is 10.1 Å². The number of thioether (sulfide) groups is 1. The van der Waals surface area contributed by atoms with E-state index >= 15 is 0 Å². The molecule has 1 aliphatic rings. The number of nitrogens with zero attached hydrogens (tertiary/aromatic N) is 2. The minimum atomic E-state index is -1.63. The summed E-state index contributed by atoms with van der Waals surface area (Å²) in [5, 5.41) is 28.8. The van der Waals surface area contributed by atoms with Gasteiger partial charge in [-0.15, -0.1) is 0 Å². The van der Waals surface area contributed by atoms with Crippen LogP contribution in [0.1, 0.15) is 12.0 Å². The summed E-state index contributed by atoms with van der Waals surface area (Å²) in [5.41, 5.74) is 0.448. The van der Waals surface area contributed by atoms with Crippen molar-refractivity contribution in [2.45, 2.75) is 12.5 Å². The van der Waals surface area contributed by atoms with E-state index < -0.39 is 35.2 Å². The van der Waals surface area contributed by atoms with E-state index in [9.17, 15) is 29.6 Å². The smallest absolute Gasteiger partial charge is 0.327 e. The number of nitro groups is 1. The van der Waals surface area contributed by atoms with Crippen LogP contribution in [0.5, 0.6) is 0 Å². The van der Waals surface area contributed by atoms with E-state index in [2.05, 4.69) is 0 Å². The molecule has 2 rings (SSSR count). The maximum absolute atomic E-state index is 12.5. The predicted molar refractivity (Wildman–Crippen MR) is 106 cm³/mol. The van der Waals surface area contributed by atoms with Crippen LogP contribution in [0.25, 0.3) is 6.08 Å². The maximum Gasteiger partial charge on any atom is 0.327 e. The second kappa shape index (κ2) is 8.95. The fourth-order valence-corrected chi connectivity index (χ4v) is 3.87. The van der Waals surface area contributed by atoms with Crippen molar-refractivity contribution in [3.8, 4) is 0 Å². The SMILES string of the molecule is O=C(O)C[C@@H](C(=O)O)N1C(=O)/C(=C\C(Cl)=C\c2ccc([N+](=O)[O-])cc2)SC1=S. The van der Waals surface area contributed by atoms with Crippen LogP contribution in [-0.4, -0.2) is 48.2 Å². The topological polar surface area (TPSA) is 138 Å². The first-order valence-electron chi connectivity index (χ1n) is 7.43. The Balaban J connectivity index is 2.25. The molecule has 0 saturated carbocycles. The van der Waals surface area contributed by atoms with E-state index in [1.165, 1.54) is 36.4 Å². The number of amides is 1. The number of rotatable bonds is 7. The monoisotopic (exact) mass is 442 g/mol. The van der Waals surface area contributed by atoms with Gasteiger partial charge in [-0.1, -0.05) is 35.6 Å². The number of carboxylic acids is 2. The summed E-state index contributed by atoms with van der Waals surface area (Å²) in [5.74, 6) is -3.65. The Labute approximate surface area is 172 Å². The molecule has 146 valence electrons. The Bertz CT molecular complexity index is 927. The molecule has 1 aromatic rings. The van der Waals surface area contributed by atoms with E-state index in [-0.39, 0.29) is 19.9 Å². The van der Waals surface area contributed by atoms with Crippen LogP contribution >= 0.6 is 35.6 Å². The summed E-state index contributed by atoms with van der Waals surface area (Å²) in [6, 6.07) is 3.88. The van der Waals surface area contributed by atoms with Gasteiger partial charge in [0.05, 0.1) is 16.2 Å². The lowest BCUT2D eigenvalue weighted by molar-refractivity contribution is -0.384. The van der Waals surface area contributed by atoms with Gasteiger partial charge < -0.3 is 10.2 Å². The first kappa shape index (κ1) is 21.5. The molecule has 9 nitrogen and oxygen atoms in total. The highest BCUT2D eigenvalue weighted by Gasteiger charge is 2.41. The quantitative estimate of drug-likeness (QED) is 0.282. The molecular weight excluding hydrogens is 432 g/mol. The molecule has 1 fully saturated rings. The van der Waals surface area contributed by atoms with Gasteiger partial charge in [0.25, 0.3) is 11.6 Å². The molecule has 1 heterocycles. The predicted octanol–water partition coefficient (Wildman–Crippen LogP) is 2.85. The average Bonchev–Trinajstić information content (AvgIpc) is 2.86. The molecule has 1 aromatic carbocycles. The Morgan fingerprint density at radius 1 is 1.32 bits per heavy atom. The van der Waals surface area contributed by atoms with Gasteiger partial charge in [0.15, 0.2) is 0 Å². The third-order valence-electron chi connectivity index (χ3n) is 3.47. The summed E-state index contributed by atoms with van der Waals surface area (Å²) < 4.78 is -0.0929. The number of carboxylic acid groups (broad SMARTS) is 2. The highest BCUT2D eigenvalue weighted by molar-refractivity contribution is 8.26. The van der Waals surface area contributed by atoms with E-state index in [0.717, 1.165) is 16.7 Å². The zero-order valence-electron chi connectivity index (χ0n) is 13.8. The molecule has 0 unspecified atom stereocenters. The molecule has 1 amide bonds. The largest absolute Gasteiger partial charge is 0.481 e. The van der Waals surface area contributed by atoms with Gasteiger partial charge in [-0.05, 0) is 29.8 Å². The van der Waals surface area contributed by atoms with Gasteiger partial charge in [-0.3, -0.25) is 24.6 Å². The number of aliphatic carboxylic acids is 2. The molecule has 0 aromatic heterocycles. The minimum absolute atomic E-state index is 0.0322.